The van der Waals surface area contributed by atoms with Gasteiger partial charge in [-0.3, -0.25) is 9.59 Å². The van der Waals surface area contributed by atoms with Crippen molar-refractivity contribution in [3.8, 4) is 0 Å². The van der Waals surface area contributed by atoms with E-state index in [0.29, 0.717) is 23.1 Å². The van der Waals surface area contributed by atoms with Crippen LogP contribution in [0.2, 0.25) is 5.02 Å². The van der Waals surface area contributed by atoms with Crippen molar-refractivity contribution in [2.75, 3.05) is 18.7 Å². The fourth-order valence-electron chi connectivity index (χ4n) is 2.47. The molecule has 0 aromatic heterocycles. The summed E-state index contributed by atoms with van der Waals surface area (Å²) < 4.78 is 10.8. The normalized spacial score (nSPS) is 20.7. The molecule has 0 saturated carbocycles. The maximum Gasteiger partial charge on any atom is 0.304 e. The second-order valence-corrected chi connectivity index (χ2v) is 5.41. The molecule has 1 unspecified atom stereocenters. The van der Waals surface area contributed by atoms with Gasteiger partial charge in [0.25, 0.3) is 5.91 Å². The summed E-state index contributed by atoms with van der Waals surface area (Å²) in [6.07, 6.45) is -0.858. The SMILES string of the molecule is CCO/C(C)=C1/C(=O)N(c2ccccc2Cl)N(C)C1OC(C)=O. The van der Waals surface area contributed by atoms with E-state index in [1.807, 2.05) is 6.92 Å². The Kier molecular flexibility index (Phi) is 5.28. The van der Waals surface area contributed by atoms with Crippen molar-refractivity contribution < 1.29 is 19.1 Å². The van der Waals surface area contributed by atoms with E-state index >= 15 is 0 Å². The highest BCUT2D eigenvalue weighted by atomic mass is 35.5. The molecule has 1 saturated heterocycles. The molecule has 0 aliphatic carbocycles. The van der Waals surface area contributed by atoms with Crippen LogP contribution in [0.5, 0.6) is 0 Å². The highest BCUT2D eigenvalue weighted by Gasteiger charge is 2.45. The van der Waals surface area contributed by atoms with E-state index in [0.717, 1.165) is 0 Å². The van der Waals surface area contributed by atoms with E-state index < -0.39 is 12.2 Å². The maximum atomic E-state index is 12.9. The number of halogens is 1. The van der Waals surface area contributed by atoms with Gasteiger partial charge in [-0.1, -0.05) is 23.7 Å². The van der Waals surface area contributed by atoms with Crippen LogP contribution in [0, 0.1) is 0 Å². The molecule has 0 spiro atoms. The molecule has 0 bridgehead atoms. The molecule has 1 atom stereocenters. The molecule has 7 heteroatoms. The highest BCUT2D eigenvalue weighted by Crippen LogP contribution is 2.35. The number of anilines is 1. The number of hydrazine groups is 1. The minimum Gasteiger partial charge on any atom is -0.498 e. The zero-order valence-corrected chi connectivity index (χ0v) is 14.3. The maximum absolute atomic E-state index is 12.9. The summed E-state index contributed by atoms with van der Waals surface area (Å²) in [6, 6.07) is 6.97. The number of para-hydroxylation sites is 1. The molecule has 1 amide bonds. The molecule has 0 N–H and O–H groups in total. The zero-order valence-electron chi connectivity index (χ0n) is 13.5. The molecule has 6 nitrogen and oxygen atoms in total. The lowest BCUT2D eigenvalue weighted by atomic mass is 10.2. The number of rotatable bonds is 4. The van der Waals surface area contributed by atoms with Crippen molar-refractivity contribution in [1.82, 2.24) is 5.01 Å². The number of nitrogens with zero attached hydrogens (tertiary/aromatic N) is 2. The summed E-state index contributed by atoms with van der Waals surface area (Å²) in [4.78, 5) is 24.3. The Balaban J connectivity index is 2.52. The van der Waals surface area contributed by atoms with Crippen molar-refractivity contribution in [2.45, 2.75) is 27.0 Å². The van der Waals surface area contributed by atoms with Gasteiger partial charge in [0.15, 0.2) is 0 Å². The lowest BCUT2D eigenvalue weighted by Gasteiger charge is -2.27. The average molecular weight is 339 g/mol. The lowest BCUT2D eigenvalue weighted by Crippen LogP contribution is -2.41. The molecular weight excluding hydrogens is 320 g/mol. The average Bonchev–Trinajstić information content (AvgIpc) is 2.71. The third-order valence-corrected chi connectivity index (χ3v) is 3.74. The fourth-order valence-corrected chi connectivity index (χ4v) is 2.68. The second-order valence-electron chi connectivity index (χ2n) is 5.01. The third kappa shape index (κ3) is 3.33. The smallest absolute Gasteiger partial charge is 0.304 e. The first-order chi connectivity index (χ1) is 10.9. The van der Waals surface area contributed by atoms with Gasteiger partial charge in [-0.15, -0.1) is 0 Å². The number of allylic oxidation sites excluding steroid dienone is 1. The standard InChI is InChI=1S/C16H19ClN2O4/c1-5-22-10(2)14-15(21)19(13-9-7-6-8-12(13)17)18(4)16(14)23-11(3)20/h6-9,16H,5H2,1-4H3/b14-10-. The van der Waals surface area contributed by atoms with Crippen LogP contribution < -0.4 is 5.01 Å². The Morgan fingerprint density at radius 3 is 2.52 bits per heavy atom. The molecule has 23 heavy (non-hydrogen) atoms. The van der Waals surface area contributed by atoms with Gasteiger partial charge < -0.3 is 9.47 Å². The predicted octanol–water partition coefficient (Wildman–Crippen LogP) is 2.73. The Labute approximate surface area is 140 Å². The first-order valence-corrected chi connectivity index (χ1v) is 7.58. The largest absolute Gasteiger partial charge is 0.498 e. The summed E-state index contributed by atoms with van der Waals surface area (Å²) >= 11 is 6.20. The van der Waals surface area contributed by atoms with E-state index in [-0.39, 0.29) is 11.5 Å². The molecule has 1 aromatic rings. The summed E-state index contributed by atoms with van der Waals surface area (Å²) in [5.74, 6) is -0.402. The van der Waals surface area contributed by atoms with E-state index in [2.05, 4.69) is 0 Å². The van der Waals surface area contributed by atoms with Gasteiger partial charge in [-0.2, -0.15) is 5.01 Å². The molecule has 1 aliphatic heterocycles. The number of esters is 1. The van der Waals surface area contributed by atoms with Gasteiger partial charge in [0.1, 0.15) is 11.3 Å². The van der Waals surface area contributed by atoms with Gasteiger partial charge in [-0.25, -0.2) is 5.01 Å². The molecule has 124 valence electrons. The molecule has 1 aliphatic rings. The van der Waals surface area contributed by atoms with Crippen molar-refractivity contribution in [3.05, 3.63) is 40.6 Å². The molecule has 1 fully saturated rings. The number of hydrogen-bond donors (Lipinski definition) is 0. The quantitative estimate of drug-likeness (QED) is 0.480. The van der Waals surface area contributed by atoms with Crippen molar-refractivity contribution in [2.24, 2.45) is 0 Å². The minimum atomic E-state index is -0.858. The summed E-state index contributed by atoms with van der Waals surface area (Å²) in [5, 5.41) is 3.33. The Hall–Kier alpha value is -2.05. The Bertz CT molecular complexity index is 659. The van der Waals surface area contributed by atoms with Crippen molar-refractivity contribution in [3.63, 3.8) is 0 Å². The van der Waals surface area contributed by atoms with E-state index in [1.54, 1.807) is 38.2 Å². The third-order valence-electron chi connectivity index (χ3n) is 3.42. The van der Waals surface area contributed by atoms with Gasteiger partial charge in [0, 0.05) is 14.0 Å². The van der Waals surface area contributed by atoms with Crippen LogP contribution in [0.1, 0.15) is 20.8 Å². The number of carbonyl (C=O) groups excluding carboxylic acids is 2. The van der Waals surface area contributed by atoms with Crippen LogP contribution in [-0.4, -0.2) is 36.8 Å². The first-order valence-electron chi connectivity index (χ1n) is 7.21. The number of amides is 1. The minimum absolute atomic E-state index is 0.282. The summed E-state index contributed by atoms with van der Waals surface area (Å²) in [5.41, 5.74) is 0.794. The molecule has 0 radical (unpaired) electrons. The van der Waals surface area contributed by atoms with E-state index in [4.69, 9.17) is 21.1 Å². The van der Waals surface area contributed by atoms with Gasteiger partial charge in [0.2, 0.25) is 6.23 Å². The van der Waals surface area contributed by atoms with Crippen LogP contribution in [0.4, 0.5) is 5.69 Å². The molecule has 2 rings (SSSR count). The Morgan fingerprint density at radius 2 is 1.96 bits per heavy atom. The zero-order chi connectivity index (χ0) is 17.1. The first kappa shape index (κ1) is 17.3. The van der Waals surface area contributed by atoms with Crippen molar-refractivity contribution in [1.29, 1.82) is 0 Å². The van der Waals surface area contributed by atoms with Crippen LogP contribution in [0.25, 0.3) is 0 Å². The Morgan fingerprint density at radius 1 is 1.30 bits per heavy atom. The molecule has 1 heterocycles. The number of hydrogen-bond acceptors (Lipinski definition) is 5. The van der Waals surface area contributed by atoms with Crippen LogP contribution in [0.3, 0.4) is 0 Å². The summed E-state index contributed by atoms with van der Waals surface area (Å²) in [6.45, 7) is 5.20. The summed E-state index contributed by atoms with van der Waals surface area (Å²) in [7, 11) is 1.65. The van der Waals surface area contributed by atoms with Crippen LogP contribution in [-0.2, 0) is 19.1 Å². The number of ether oxygens (including phenoxy) is 2. The second kappa shape index (κ2) is 7.02. The van der Waals surface area contributed by atoms with Crippen LogP contribution >= 0.6 is 11.6 Å². The van der Waals surface area contributed by atoms with Gasteiger partial charge in [0.05, 0.1) is 17.3 Å². The van der Waals surface area contributed by atoms with E-state index in [9.17, 15) is 9.59 Å². The monoisotopic (exact) mass is 338 g/mol. The predicted molar refractivity (Wildman–Crippen MR) is 86.6 cm³/mol. The fraction of sp³-hybridized carbons (Fsp3) is 0.375. The number of benzene rings is 1. The van der Waals surface area contributed by atoms with E-state index in [1.165, 1.54) is 16.9 Å². The number of carbonyl (C=O) groups is 2. The van der Waals surface area contributed by atoms with Crippen LogP contribution in [0.15, 0.2) is 35.6 Å². The van der Waals surface area contributed by atoms with Gasteiger partial charge >= 0.3 is 5.97 Å². The highest BCUT2D eigenvalue weighted by molar-refractivity contribution is 6.34. The lowest BCUT2D eigenvalue weighted by molar-refractivity contribution is -0.150. The molecule has 1 aromatic carbocycles. The van der Waals surface area contributed by atoms with Crippen molar-refractivity contribution >= 4 is 29.2 Å². The topological polar surface area (TPSA) is 59.1 Å². The molecular formula is C16H19ClN2O4. The van der Waals surface area contributed by atoms with Gasteiger partial charge in [-0.05, 0) is 26.0 Å². The number of likely N-dealkylation sites (N-methyl/N-ethyl adjacent to an activating group) is 1.